The van der Waals surface area contributed by atoms with Crippen molar-refractivity contribution in [1.82, 2.24) is 15.0 Å². The van der Waals surface area contributed by atoms with E-state index in [-0.39, 0.29) is 16.5 Å². The van der Waals surface area contributed by atoms with Crippen LogP contribution in [0.4, 0.5) is 4.39 Å². The van der Waals surface area contributed by atoms with Gasteiger partial charge in [-0.2, -0.15) is 0 Å². The van der Waals surface area contributed by atoms with Gasteiger partial charge in [0.15, 0.2) is 0 Å². The van der Waals surface area contributed by atoms with Crippen molar-refractivity contribution >= 4 is 23.4 Å². The van der Waals surface area contributed by atoms with Crippen LogP contribution in [0.3, 0.4) is 0 Å². The van der Waals surface area contributed by atoms with Crippen molar-refractivity contribution in [1.29, 1.82) is 0 Å². The summed E-state index contributed by atoms with van der Waals surface area (Å²) in [5.41, 5.74) is 1.08. The number of benzene rings is 1. The number of halogens is 2. The second kappa shape index (κ2) is 8.24. The monoisotopic (exact) mass is 449 g/mol. The average molecular weight is 450 g/mol. The summed E-state index contributed by atoms with van der Waals surface area (Å²) in [6.45, 7) is 7.25. The number of rotatable bonds is 2. The second-order valence-corrected chi connectivity index (χ2v) is 8.68. The Balaban J connectivity index is 1.47. The first-order valence-electron chi connectivity index (χ1n) is 10.3. The van der Waals surface area contributed by atoms with Crippen LogP contribution in [-0.2, 0) is 4.74 Å². The van der Waals surface area contributed by atoms with Gasteiger partial charge in [0.25, 0.3) is 11.8 Å². The van der Waals surface area contributed by atoms with Crippen molar-refractivity contribution in [3.8, 4) is 0 Å². The number of piperidine rings is 1. The van der Waals surface area contributed by atoms with Crippen molar-refractivity contribution in [3.63, 3.8) is 0 Å². The largest absolute Gasteiger partial charge is 0.371 e. The third-order valence-electron chi connectivity index (χ3n) is 6.24. The molecular weight excluding hydrogens is 425 g/mol. The minimum atomic E-state index is -0.624. The van der Waals surface area contributed by atoms with Gasteiger partial charge in [-0.25, -0.2) is 4.39 Å². The number of carbonyl (C=O) groups is 2. The van der Waals surface area contributed by atoms with Crippen LogP contribution in [0.2, 0.25) is 5.02 Å². The molecule has 2 fully saturated rings. The van der Waals surface area contributed by atoms with Crippen LogP contribution in [0.25, 0.3) is 0 Å². The number of aromatic nitrogens is 1. The number of amides is 2. The molecule has 0 saturated carbocycles. The lowest BCUT2D eigenvalue weighted by Gasteiger charge is -2.47. The van der Waals surface area contributed by atoms with E-state index in [9.17, 15) is 14.0 Å². The summed E-state index contributed by atoms with van der Waals surface area (Å²) < 4.78 is 25.6. The predicted octanol–water partition coefficient (Wildman–Crippen LogP) is 3.54. The Kier molecular flexibility index (Phi) is 5.79. The zero-order chi connectivity index (χ0) is 22.3. The Hall–Kier alpha value is -2.45. The van der Waals surface area contributed by atoms with Crippen LogP contribution in [-0.4, -0.2) is 65.2 Å². The summed E-state index contributed by atoms with van der Waals surface area (Å²) in [7, 11) is 0. The van der Waals surface area contributed by atoms with E-state index < -0.39 is 17.3 Å². The first kappa shape index (κ1) is 21.8. The SMILES string of the molecule is Cc1ccc(F)c(C(=O)N2CCOC3(CCN(C(=O)c4c(C)noc4C)CC3)C2)c1Cl. The highest BCUT2D eigenvalue weighted by atomic mass is 35.5. The zero-order valence-corrected chi connectivity index (χ0v) is 18.6. The van der Waals surface area contributed by atoms with Crippen molar-refractivity contribution in [3.05, 3.63) is 51.1 Å². The summed E-state index contributed by atoms with van der Waals surface area (Å²) in [5.74, 6) is -0.655. The number of likely N-dealkylation sites (tertiary alicyclic amines) is 1. The third kappa shape index (κ3) is 3.94. The quantitative estimate of drug-likeness (QED) is 0.701. The normalized spacial score (nSPS) is 18.5. The van der Waals surface area contributed by atoms with Crippen LogP contribution in [0, 0.1) is 26.6 Å². The van der Waals surface area contributed by atoms with E-state index in [4.69, 9.17) is 20.9 Å². The molecule has 0 N–H and O–H groups in total. The van der Waals surface area contributed by atoms with Gasteiger partial charge < -0.3 is 19.1 Å². The molecule has 2 saturated heterocycles. The van der Waals surface area contributed by atoms with Crippen LogP contribution in [0.15, 0.2) is 16.7 Å². The van der Waals surface area contributed by atoms with Crippen molar-refractivity contribution < 1.29 is 23.2 Å². The minimum Gasteiger partial charge on any atom is -0.371 e. The fourth-order valence-corrected chi connectivity index (χ4v) is 4.63. The molecule has 0 atom stereocenters. The lowest BCUT2D eigenvalue weighted by Crippen LogP contribution is -2.58. The van der Waals surface area contributed by atoms with Crippen LogP contribution < -0.4 is 0 Å². The molecule has 166 valence electrons. The van der Waals surface area contributed by atoms with Gasteiger partial charge in [-0.3, -0.25) is 9.59 Å². The Labute approximate surface area is 185 Å². The average Bonchev–Trinajstić information content (AvgIpc) is 3.09. The van der Waals surface area contributed by atoms with Gasteiger partial charge in [-0.15, -0.1) is 0 Å². The van der Waals surface area contributed by atoms with E-state index >= 15 is 0 Å². The minimum absolute atomic E-state index is 0.0928. The number of morpholine rings is 1. The van der Waals surface area contributed by atoms with Gasteiger partial charge >= 0.3 is 0 Å². The van der Waals surface area contributed by atoms with Gasteiger partial charge in [-0.05, 0) is 45.2 Å². The lowest BCUT2D eigenvalue weighted by molar-refractivity contribution is -0.123. The molecule has 4 rings (SSSR count). The molecule has 7 nitrogen and oxygen atoms in total. The van der Waals surface area contributed by atoms with Gasteiger partial charge in [-0.1, -0.05) is 22.8 Å². The van der Waals surface area contributed by atoms with Crippen LogP contribution >= 0.6 is 11.6 Å². The van der Waals surface area contributed by atoms with E-state index in [1.165, 1.54) is 6.07 Å². The lowest BCUT2D eigenvalue weighted by atomic mass is 9.88. The van der Waals surface area contributed by atoms with Crippen molar-refractivity contribution in [2.75, 3.05) is 32.8 Å². The fourth-order valence-electron chi connectivity index (χ4n) is 4.40. The number of hydrogen-bond donors (Lipinski definition) is 0. The topological polar surface area (TPSA) is 75.9 Å². The van der Waals surface area contributed by atoms with Crippen molar-refractivity contribution in [2.45, 2.75) is 39.2 Å². The molecule has 1 aromatic heterocycles. The molecule has 31 heavy (non-hydrogen) atoms. The molecule has 2 aliphatic rings. The first-order valence-corrected chi connectivity index (χ1v) is 10.7. The van der Waals surface area contributed by atoms with Crippen molar-refractivity contribution in [2.24, 2.45) is 0 Å². The highest BCUT2D eigenvalue weighted by Crippen LogP contribution is 2.33. The van der Waals surface area contributed by atoms with Gasteiger partial charge in [0.2, 0.25) is 0 Å². The predicted molar refractivity (Wildman–Crippen MR) is 112 cm³/mol. The molecular formula is C22H25ClFN3O4. The fraction of sp³-hybridized carbons (Fsp3) is 0.500. The third-order valence-corrected chi connectivity index (χ3v) is 6.73. The van der Waals surface area contributed by atoms with Gasteiger partial charge in [0.05, 0.1) is 35.0 Å². The molecule has 1 spiro atoms. The highest BCUT2D eigenvalue weighted by molar-refractivity contribution is 6.34. The summed E-state index contributed by atoms with van der Waals surface area (Å²) in [4.78, 5) is 29.4. The zero-order valence-electron chi connectivity index (χ0n) is 17.8. The van der Waals surface area contributed by atoms with Crippen LogP contribution in [0.1, 0.15) is 50.6 Å². The highest BCUT2D eigenvalue weighted by Gasteiger charge is 2.43. The summed E-state index contributed by atoms with van der Waals surface area (Å²) >= 11 is 6.24. The molecule has 2 aliphatic heterocycles. The number of carbonyl (C=O) groups excluding carboxylic acids is 2. The maximum Gasteiger partial charge on any atom is 0.259 e. The molecule has 0 aliphatic carbocycles. The molecule has 9 heteroatoms. The number of aryl methyl sites for hydroxylation is 3. The number of nitrogens with zero attached hydrogens (tertiary/aromatic N) is 3. The molecule has 0 unspecified atom stereocenters. The maximum absolute atomic E-state index is 14.4. The van der Waals surface area contributed by atoms with E-state index in [0.717, 1.165) is 0 Å². The van der Waals surface area contributed by atoms with Gasteiger partial charge in [0, 0.05) is 19.6 Å². The standard InChI is InChI=1S/C22H25ClFN3O4/c1-13-4-5-16(24)18(19(13)23)21(29)27-10-11-30-22(12-27)6-8-26(9-7-22)20(28)17-14(2)25-31-15(17)3/h4-5H,6-12H2,1-3H3. The molecule has 0 bridgehead atoms. The molecule has 1 aromatic carbocycles. The number of ether oxygens (including phenoxy) is 1. The maximum atomic E-state index is 14.4. The molecule has 0 radical (unpaired) electrons. The van der Waals surface area contributed by atoms with E-state index in [1.807, 2.05) is 0 Å². The van der Waals surface area contributed by atoms with Gasteiger partial charge in [0.1, 0.15) is 17.1 Å². The van der Waals surface area contributed by atoms with E-state index in [1.54, 1.807) is 36.6 Å². The Morgan fingerprint density at radius 3 is 2.39 bits per heavy atom. The smallest absolute Gasteiger partial charge is 0.259 e. The number of hydrogen-bond acceptors (Lipinski definition) is 5. The summed E-state index contributed by atoms with van der Waals surface area (Å²) in [5, 5.41) is 4.01. The summed E-state index contributed by atoms with van der Waals surface area (Å²) in [6.07, 6.45) is 1.16. The molecule has 2 aromatic rings. The Morgan fingerprint density at radius 1 is 1.06 bits per heavy atom. The second-order valence-electron chi connectivity index (χ2n) is 8.30. The van der Waals surface area contributed by atoms with E-state index in [0.29, 0.717) is 68.2 Å². The Morgan fingerprint density at radius 2 is 1.74 bits per heavy atom. The molecule has 3 heterocycles. The van der Waals surface area contributed by atoms with E-state index in [2.05, 4.69) is 5.16 Å². The van der Waals surface area contributed by atoms with Crippen LogP contribution in [0.5, 0.6) is 0 Å². The first-order chi connectivity index (χ1) is 14.7. The summed E-state index contributed by atoms with van der Waals surface area (Å²) in [6, 6.07) is 2.82. The molecule has 2 amide bonds. The Bertz CT molecular complexity index is 1010.